The number of aryl methyl sites for hydroxylation is 1. The highest BCUT2D eigenvalue weighted by atomic mass is 79.9. The Morgan fingerprint density at radius 3 is 2.45 bits per heavy atom. The van der Waals surface area contributed by atoms with Crippen LogP contribution in [0, 0.1) is 5.82 Å². The Bertz CT molecular complexity index is 599. The maximum atomic E-state index is 12.8. The maximum absolute atomic E-state index is 12.8. The fourth-order valence-corrected chi connectivity index (χ4v) is 2.17. The molecule has 0 saturated heterocycles. The number of nitrogens with one attached hydrogen (secondary N) is 1. The van der Waals surface area contributed by atoms with Crippen LogP contribution in [0.1, 0.15) is 12.0 Å². The number of ether oxygens (including phenoxy) is 1. The molecule has 0 aromatic heterocycles. The molecule has 0 unspecified atom stereocenters. The minimum absolute atomic E-state index is 0.00180. The number of amides is 1. The van der Waals surface area contributed by atoms with Crippen molar-refractivity contribution in [3.63, 3.8) is 0 Å². The van der Waals surface area contributed by atoms with E-state index in [-0.39, 0.29) is 18.3 Å². The minimum Gasteiger partial charge on any atom is -0.484 e. The molecule has 0 aliphatic rings. The standard InChI is InChI=1S/C17H17BrFNO2/c18-14-5-9-16(10-6-14)22-12-17(21)20-11-1-2-13-3-7-15(19)8-4-13/h3-10H,1-2,11-12H2,(H,20,21). The van der Waals surface area contributed by atoms with E-state index in [1.807, 2.05) is 12.1 Å². The zero-order valence-corrected chi connectivity index (χ0v) is 13.6. The third kappa shape index (κ3) is 5.85. The van der Waals surface area contributed by atoms with Crippen LogP contribution in [-0.4, -0.2) is 19.1 Å². The van der Waals surface area contributed by atoms with Gasteiger partial charge in [0, 0.05) is 11.0 Å². The summed E-state index contributed by atoms with van der Waals surface area (Å²) in [5.41, 5.74) is 1.06. The normalized spacial score (nSPS) is 10.3. The molecule has 2 aromatic rings. The monoisotopic (exact) mass is 365 g/mol. The Balaban J connectivity index is 1.61. The van der Waals surface area contributed by atoms with Gasteiger partial charge in [0.15, 0.2) is 6.61 Å². The van der Waals surface area contributed by atoms with Crippen molar-refractivity contribution < 1.29 is 13.9 Å². The van der Waals surface area contributed by atoms with E-state index in [9.17, 15) is 9.18 Å². The molecule has 2 aromatic carbocycles. The first-order chi connectivity index (χ1) is 10.6. The Morgan fingerprint density at radius 1 is 1.09 bits per heavy atom. The highest BCUT2D eigenvalue weighted by Gasteiger charge is 2.02. The summed E-state index contributed by atoms with van der Waals surface area (Å²) in [5.74, 6) is 0.272. The van der Waals surface area contributed by atoms with Gasteiger partial charge in [0.1, 0.15) is 11.6 Å². The molecule has 2 rings (SSSR count). The minimum atomic E-state index is -0.234. The second-order valence-electron chi connectivity index (χ2n) is 4.82. The predicted molar refractivity (Wildman–Crippen MR) is 87.4 cm³/mol. The molecule has 0 fully saturated rings. The van der Waals surface area contributed by atoms with Crippen molar-refractivity contribution in [3.05, 3.63) is 64.4 Å². The van der Waals surface area contributed by atoms with Crippen molar-refractivity contribution in [2.45, 2.75) is 12.8 Å². The van der Waals surface area contributed by atoms with E-state index in [0.717, 1.165) is 22.9 Å². The fraction of sp³-hybridized carbons (Fsp3) is 0.235. The Labute approximate surface area is 137 Å². The van der Waals surface area contributed by atoms with Crippen molar-refractivity contribution >= 4 is 21.8 Å². The Hall–Kier alpha value is -1.88. The summed E-state index contributed by atoms with van der Waals surface area (Å²) < 4.78 is 19.1. The number of hydrogen-bond acceptors (Lipinski definition) is 2. The van der Waals surface area contributed by atoms with Crippen molar-refractivity contribution in [1.29, 1.82) is 0 Å². The zero-order valence-electron chi connectivity index (χ0n) is 12.0. The largest absolute Gasteiger partial charge is 0.484 e. The molecule has 0 spiro atoms. The van der Waals surface area contributed by atoms with Gasteiger partial charge in [-0.1, -0.05) is 28.1 Å². The van der Waals surface area contributed by atoms with Crippen LogP contribution in [0.4, 0.5) is 4.39 Å². The first-order valence-corrected chi connectivity index (χ1v) is 7.82. The predicted octanol–water partition coefficient (Wildman–Crippen LogP) is 3.72. The van der Waals surface area contributed by atoms with E-state index in [4.69, 9.17) is 4.74 Å². The summed E-state index contributed by atoms with van der Waals surface area (Å²) in [6.07, 6.45) is 1.60. The molecule has 0 heterocycles. The Kier molecular flexibility index (Phi) is 6.40. The van der Waals surface area contributed by atoms with E-state index in [1.165, 1.54) is 12.1 Å². The summed E-state index contributed by atoms with van der Waals surface area (Å²) >= 11 is 3.34. The maximum Gasteiger partial charge on any atom is 0.257 e. The second-order valence-corrected chi connectivity index (χ2v) is 5.74. The van der Waals surface area contributed by atoms with Crippen LogP contribution in [0.5, 0.6) is 5.75 Å². The van der Waals surface area contributed by atoms with Crippen LogP contribution in [0.15, 0.2) is 53.0 Å². The topological polar surface area (TPSA) is 38.3 Å². The quantitative estimate of drug-likeness (QED) is 0.759. The van der Waals surface area contributed by atoms with Gasteiger partial charge in [-0.25, -0.2) is 4.39 Å². The molecule has 1 N–H and O–H groups in total. The zero-order chi connectivity index (χ0) is 15.8. The molecular formula is C17H17BrFNO2. The lowest BCUT2D eigenvalue weighted by atomic mass is 10.1. The van der Waals surface area contributed by atoms with Gasteiger partial charge < -0.3 is 10.1 Å². The molecule has 1 amide bonds. The number of benzene rings is 2. The molecule has 0 saturated carbocycles. The fourth-order valence-electron chi connectivity index (χ4n) is 1.90. The summed E-state index contributed by atoms with van der Waals surface area (Å²) in [7, 11) is 0. The number of carbonyl (C=O) groups excluding carboxylic acids is 1. The molecule has 0 radical (unpaired) electrons. The summed E-state index contributed by atoms with van der Waals surface area (Å²) in [6.45, 7) is 0.568. The van der Waals surface area contributed by atoms with Gasteiger partial charge in [0.05, 0.1) is 0 Å². The molecule has 5 heteroatoms. The van der Waals surface area contributed by atoms with Crippen LogP contribution in [0.25, 0.3) is 0 Å². The first kappa shape index (κ1) is 16.5. The van der Waals surface area contributed by atoms with Crippen molar-refractivity contribution in [3.8, 4) is 5.75 Å². The van der Waals surface area contributed by atoms with Crippen LogP contribution in [0.2, 0.25) is 0 Å². The number of carbonyl (C=O) groups is 1. The van der Waals surface area contributed by atoms with Gasteiger partial charge in [0.2, 0.25) is 0 Å². The van der Waals surface area contributed by atoms with Crippen LogP contribution in [-0.2, 0) is 11.2 Å². The summed E-state index contributed by atoms with van der Waals surface area (Å²) in [4.78, 5) is 11.6. The molecule has 116 valence electrons. The lowest BCUT2D eigenvalue weighted by Crippen LogP contribution is -2.29. The summed E-state index contributed by atoms with van der Waals surface area (Å²) in [6, 6.07) is 13.7. The molecule has 22 heavy (non-hydrogen) atoms. The number of rotatable bonds is 7. The summed E-state index contributed by atoms with van der Waals surface area (Å²) in [5, 5.41) is 2.80. The molecule has 0 aliphatic heterocycles. The molecule has 0 atom stereocenters. The van der Waals surface area contributed by atoms with Gasteiger partial charge in [-0.05, 0) is 54.8 Å². The van der Waals surface area contributed by atoms with Crippen LogP contribution in [0.3, 0.4) is 0 Å². The van der Waals surface area contributed by atoms with E-state index in [1.54, 1.807) is 24.3 Å². The average molecular weight is 366 g/mol. The highest BCUT2D eigenvalue weighted by Crippen LogP contribution is 2.15. The van der Waals surface area contributed by atoms with Gasteiger partial charge in [-0.3, -0.25) is 4.79 Å². The lowest BCUT2D eigenvalue weighted by molar-refractivity contribution is -0.123. The molecule has 0 bridgehead atoms. The van der Waals surface area contributed by atoms with E-state index >= 15 is 0 Å². The number of hydrogen-bond donors (Lipinski definition) is 1. The lowest BCUT2D eigenvalue weighted by Gasteiger charge is -2.07. The van der Waals surface area contributed by atoms with Crippen LogP contribution >= 0.6 is 15.9 Å². The van der Waals surface area contributed by atoms with E-state index in [0.29, 0.717) is 12.3 Å². The first-order valence-electron chi connectivity index (χ1n) is 7.03. The average Bonchev–Trinajstić information content (AvgIpc) is 2.53. The molecular weight excluding hydrogens is 349 g/mol. The molecule has 3 nitrogen and oxygen atoms in total. The van der Waals surface area contributed by atoms with Gasteiger partial charge in [0.25, 0.3) is 5.91 Å². The third-order valence-corrected chi connectivity index (χ3v) is 3.59. The van der Waals surface area contributed by atoms with Crippen molar-refractivity contribution in [2.75, 3.05) is 13.2 Å². The van der Waals surface area contributed by atoms with Crippen molar-refractivity contribution in [2.24, 2.45) is 0 Å². The van der Waals surface area contributed by atoms with Gasteiger partial charge in [-0.2, -0.15) is 0 Å². The van der Waals surface area contributed by atoms with E-state index in [2.05, 4.69) is 21.2 Å². The Morgan fingerprint density at radius 2 is 1.77 bits per heavy atom. The van der Waals surface area contributed by atoms with Gasteiger partial charge >= 0.3 is 0 Å². The third-order valence-electron chi connectivity index (χ3n) is 3.06. The van der Waals surface area contributed by atoms with Gasteiger partial charge in [-0.15, -0.1) is 0 Å². The molecule has 0 aliphatic carbocycles. The highest BCUT2D eigenvalue weighted by molar-refractivity contribution is 9.10. The smallest absolute Gasteiger partial charge is 0.257 e. The number of halogens is 2. The van der Waals surface area contributed by atoms with Crippen LogP contribution < -0.4 is 10.1 Å². The van der Waals surface area contributed by atoms with Crippen molar-refractivity contribution in [1.82, 2.24) is 5.32 Å². The van der Waals surface area contributed by atoms with E-state index < -0.39 is 0 Å². The SMILES string of the molecule is O=C(COc1ccc(Br)cc1)NCCCc1ccc(F)cc1. The second kappa shape index (κ2) is 8.54.